The zero-order valence-electron chi connectivity index (χ0n) is 11.2. The number of nitrogens with zero attached hydrogens (tertiary/aromatic N) is 1. The van der Waals surface area contributed by atoms with Crippen LogP contribution in [-0.2, 0) is 14.8 Å². The summed E-state index contributed by atoms with van der Waals surface area (Å²) < 4.78 is 31.2. The van der Waals surface area contributed by atoms with Crippen LogP contribution in [0, 0.1) is 0 Å². The second-order valence-corrected chi connectivity index (χ2v) is 6.54. The second kappa shape index (κ2) is 5.80. The Morgan fingerprint density at radius 1 is 1.40 bits per heavy atom. The molecule has 1 fully saturated rings. The minimum atomic E-state index is -3.82. The maximum absolute atomic E-state index is 12.6. The maximum Gasteiger partial charge on any atom is 0.322 e. The molecule has 0 amide bonds. The molecule has 1 N–H and O–H groups in total. The molecule has 7 heteroatoms. The summed E-state index contributed by atoms with van der Waals surface area (Å²) in [5.41, 5.74) is 0. The van der Waals surface area contributed by atoms with Gasteiger partial charge in [0.25, 0.3) is 0 Å². The molecule has 0 bridgehead atoms. The smallest absolute Gasteiger partial charge is 0.322 e. The minimum absolute atomic E-state index is 0.0602. The molecule has 1 heterocycles. The van der Waals surface area contributed by atoms with E-state index >= 15 is 0 Å². The average molecular weight is 299 g/mol. The van der Waals surface area contributed by atoms with Gasteiger partial charge >= 0.3 is 5.97 Å². The van der Waals surface area contributed by atoms with Gasteiger partial charge < -0.3 is 9.84 Å². The van der Waals surface area contributed by atoms with Gasteiger partial charge in [-0.2, -0.15) is 4.31 Å². The first-order chi connectivity index (χ1) is 9.46. The number of carboxylic acids is 1. The maximum atomic E-state index is 12.6. The third-order valence-electron chi connectivity index (χ3n) is 3.39. The van der Waals surface area contributed by atoms with Crippen LogP contribution in [0.4, 0.5) is 0 Å². The van der Waals surface area contributed by atoms with Crippen molar-refractivity contribution in [2.24, 2.45) is 0 Å². The molecule has 110 valence electrons. The zero-order valence-corrected chi connectivity index (χ0v) is 12.0. The SMILES string of the molecule is COc1cccc(S(=O)(=O)N2CCCCC2C(=O)O)c1. The molecule has 1 aliphatic rings. The average Bonchev–Trinajstić information content (AvgIpc) is 2.47. The molecule has 1 saturated heterocycles. The van der Waals surface area contributed by atoms with Gasteiger partial charge in [0.15, 0.2) is 0 Å². The first kappa shape index (κ1) is 14.8. The summed E-state index contributed by atoms with van der Waals surface area (Å²) in [5.74, 6) is -0.675. The molecule has 2 rings (SSSR count). The van der Waals surface area contributed by atoms with Crippen molar-refractivity contribution < 1.29 is 23.1 Å². The fourth-order valence-corrected chi connectivity index (χ4v) is 4.02. The summed E-state index contributed by atoms with van der Waals surface area (Å²) in [6, 6.07) is 5.09. The van der Waals surface area contributed by atoms with Gasteiger partial charge in [-0.15, -0.1) is 0 Å². The molecule has 20 heavy (non-hydrogen) atoms. The largest absolute Gasteiger partial charge is 0.497 e. The Labute approximate surface area is 118 Å². The standard InChI is InChI=1S/C13H17NO5S/c1-19-10-5-4-6-11(9-10)20(17,18)14-8-3-2-7-12(14)13(15)16/h4-6,9,12H,2-3,7-8H2,1H3,(H,15,16). The fourth-order valence-electron chi connectivity index (χ4n) is 2.34. The van der Waals surface area contributed by atoms with E-state index in [1.54, 1.807) is 12.1 Å². The fraction of sp³-hybridized carbons (Fsp3) is 0.462. The van der Waals surface area contributed by atoms with Gasteiger partial charge in [-0.25, -0.2) is 8.42 Å². The highest BCUT2D eigenvalue weighted by atomic mass is 32.2. The molecule has 0 aliphatic carbocycles. The van der Waals surface area contributed by atoms with Crippen LogP contribution in [0.2, 0.25) is 0 Å². The Hall–Kier alpha value is -1.60. The van der Waals surface area contributed by atoms with Gasteiger partial charge in [0, 0.05) is 12.6 Å². The monoisotopic (exact) mass is 299 g/mol. The van der Waals surface area contributed by atoms with Crippen molar-refractivity contribution in [1.82, 2.24) is 4.31 Å². The Bertz CT molecular complexity index is 599. The molecule has 1 atom stereocenters. The van der Waals surface area contributed by atoms with E-state index in [1.165, 1.54) is 19.2 Å². The lowest BCUT2D eigenvalue weighted by Gasteiger charge is -2.31. The Balaban J connectivity index is 2.39. The summed E-state index contributed by atoms with van der Waals surface area (Å²) in [5, 5.41) is 9.19. The molecular formula is C13H17NO5S. The number of hydrogen-bond acceptors (Lipinski definition) is 4. The van der Waals surface area contributed by atoms with Crippen LogP contribution in [-0.4, -0.2) is 43.5 Å². The first-order valence-electron chi connectivity index (χ1n) is 6.35. The number of benzene rings is 1. The van der Waals surface area contributed by atoms with Gasteiger partial charge in [-0.05, 0) is 31.4 Å². The predicted molar refractivity (Wildman–Crippen MR) is 72.2 cm³/mol. The Morgan fingerprint density at radius 3 is 2.80 bits per heavy atom. The molecule has 0 spiro atoms. The summed E-state index contributed by atoms with van der Waals surface area (Å²) >= 11 is 0. The molecule has 6 nitrogen and oxygen atoms in total. The van der Waals surface area contributed by atoms with E-state index in [0.717, 1.165) is 10.7 Å². The summed E-state index contributed by atoms with van der Waals surface area (Å²) in [6.07, 6.45) is 1.74. The van der Waals surface area contributed by atoms with Crippen molar-refractivity contribution in [3.8, 4) is 5.75 Å². The van der Waals surface area contributed by atoms with E-state index in [2.05, 4.69) is 0 Å². The molecule has 1 aliphatic heterocycles. The molecule has 0 radical (unpaired) electrons. The number of carbonyl (C=O) groups is 1. The van der Waals surface area contributed by atoms with Crippen molar-refractivity contribution in [2.75, 3.05) is 13.7 Å². The molecule has 0 saturated carbocycles. The van der Waals surface area contributed by atoms with Crippen LogP contribution in [0.25, 0.3) is 0 Å². The van der Waals surface area contributed by atoms with Crippen molar-refractivity contribution in [3.63, 3.8) is 0 Å². The second-order valence-electron chi connectivity index (χ2n) is 4.64. The summed E-state index contributed by atoms with van der Waals surface area (Å²) in [6.45, 7) is 0.233. The normalized spacial score (nSPS) is 20.6. The van der Waals surface area contributed by atoms with E-state index in [0.29, 0.717) is 18.6 Å². The number of methoxy groups -OCH3 is 1. The van der Waals surface area contributed by atoms with E-state index in [1.807, 2.05) is 0 Å². The topological polar surface area (TPSA) is 83.9 Å². The lowest BCUT2D eigenvalue weighted by atomic mass is 10.1. The van der Waals surface area contributed by atoms with Gasteiger partial charge in [-0.1, -0.05) is 6.07 Å². The molecular weight excluding hydrogens is 282 g/mol. The van der Waals surface area contributed by atoms with Crippen LogP contribution in [0.3, 0.4) is 0 Å². The van der Waals surface area contributed by atoms with Gasteiger partial charge in [0.2, 0.25) is 10.0 Å². The van der Waals surface area contributed by atoms with E-state index in [4.69, 9.17) is 4.74 Å². The van der Waals surface area contributed by atoms with Crippen LogP contribution in [0.15, 0.2) is 29.2 Å². The molecule has 1 aromatic rings. The number of carboxylic acid groups (broad SMARTS) is 1. The van der Waals surface area contributed by atoms with E-state index in [9.17, 15) is 18.3 Å². The zero-order chi connectivity index (χ0) is 14.8. The number of aliphatic carboxylic acids is 1. The lowest BCUT2D eigenvalue weighted by molar-refractivity contribution is -0.142. The summed E-state index contributed by atoms with van der Waals surface area (Å²) in [4.78, 5) is 11.3. The number of ether oxygens (including phenoxy) is 1. The summed E-state index contributed by atoms with van der Waals surface area (Å²) in [7, 11) is -2.37. The van der Waals surface area contributed by atoms with Crippen LogP contribution >= 0.6 is 0 Å². The predicted octanol–water partition coefficient (Wildman–Crippen LogP) is 1.32. The van der Waals surface area contributed by atoms with Gasteiger partial charge in [-0.3, -0.25) is 4.79 Å². The highest BCUT2D eigenvalue weighted by molar-refractivity contribution is 7.89. The highest BCUT2D eigenvalue weighted by Gasteiger charge is 2.37. The number of hydrogen-bond donors (Lipinski definition) is 1. The van der Waals surface area contributed by atoms with E-state index in [-0.39, 0.29) is 11.4 Å². The van der Waals surface area contributed by atoms with Crippen LogP contribution in [0.5, 0.6) is 5.75 Å². The quantitative estimate of drug-likeness (QED) is 0.906. The van der Waals surface area contributed by atoms with Crippen molar-refractivity contribution in [2.45, 2.75) is 30.2 Å². The third-order valence-corrected chi connectivity index (χ3v) is 5.29. The van der Waals surface area contributed by atoms with Crippen LogP contribution < -0.4 is 4.74 Å². The van der Waals surface area contributed by atoms with E-state index < -0.39 is 22.0 Å². The highest BCUT2D eigenvalue weighted by Crippen LogP contribution is 2.27. The van der Waals surface area contributed by atoms with Crippen molar-refractivity contribution >= 4 is 16.0 Å². The Morgan fingerprint density at radius 2 is 2.15 bits per heavy atom. The number of rotatable bonds is 4. The van der Waals surface area contributed by atoms with Crippen molar-refractivity contribution in [3.05, 3.63) is 24.3 Å². The van der Waals surface area contributed by atoms with Gasteiger partial charge in [0.1, 0.15) is 11.8 Å². The lowest BCUT2D eigenvalue weighted by Crippen LogP contribution is -2.47. The minimum Gasteiger partial charge on any atom is -0.497 e. The Kier molecular flexibility index (Phi) is 4.29. The first-order valence-corrected chi connectivity index (χ1v) is 7.79. The number of piperidine rings is 1. The number of sulfonamides is 1. The molecule has 0 aromatic heterocycles. The molecule has 1 aromatic carbocycles. The van der Waals surface area contributed by atoms with Crippen LogP contribution in [0.1, 0.15) is 19.3 Å². The molecule has 1 unspecified atom stereocenters. The van der Waals surface area contributed by atoms with Crippen molar-refractivity contribution in [1.29, 1.82) is 0 Å². The van der Waals surface area contributed by atoms with Gasteiger partial charge in [0.05, 0.1) is 12.0 Å². The third kappa shape index (κ3) is 2.78.